The average molecular weight is 277 g/mol. The zero-order chi connectivity index (χ0) is 14.5. The van der Waals surface area contributed by atoms with E-state index in [1.54, 1.807) is 12.4 Å². The lowest BCUT2D eigenvalue weighted by molar-refractivity contribution is -0.692. The van der Waals surface area contributed by atoms with E-state index in [1.165, 1.54) is 11.1 Å². The summed E-state index contributed by atoms with van der Waals surface area (Å²) in [7, 11) is 0. The zero-order valence-electron chi connectivity index (χ0n) is 11.9. The van der Waals surface area contributed by atoms with Gasteiger partial charge < -0.3 is 4.74 Å². The summed E-state index contributed by atoms with van der Waals surface area (Å²) in [6, 6.07) is 18.3. The third kappa shape index (κ3) is 3.45. The molecule has 21 heavy (non-hydrogen) atoms. The summed E-state index contributed by atoms with van der Waals surface area (Å²) in [5.74, 6) is 1.55. The molecular weight excluding hydrogens is 260 g/mol. The number of aromatic nitrogens is 2. The van der Waals surface area contributed by atoms with Crippen molar-refractivity contribution in [1.82, 2.24) is 4.98 Å². The summed E-state index contributed by atoms with van der Waals surface area (Å²) in [6.07, 6.45) is 5.44. The highest BCUT2D eigenvalue weighted by atomic mass is 16.5. The quantitative estimate of drug-likeness (QED) is 0.682. The van der Waals surface area contributed by atoms with Crippen molar-refractivity contribution in [2.75, 3.05) is 0 Å². The molecule has 0 bridgehead atoms. The monoisotopic (exact) mass is 277 g/mol. The van der Waals surface area contributed by atoms with Crippen LogP contribution in [0.1, 0.15) is 11.1 Å². The molecule has 0 radical (unpaired) electrons. The first kappa shape index (κ1) is 13.3. The third-order valence-electron chi connectivity index (χ3n) is 3.21. The Morgan fingerprint density at radius 2 is 1.90 bits per heavy atom. The van der Waals surface area contributed by atoms with Crippen LogP contribution in [-0.4, -0.2) is 4.98 Å². The molecule has 1 aromatic heterocycles. The number of nitrogens with zero attached hydrogens (tertiary/aromatic N) is 2. The normalized spacial score (nSPS) is 10.3. The van der Waals surface area contributed by atoms with Crippen molar-refractivity contribution in [2.45, 2.75) is 13.5 Å². The van der Waals surface area contributed by atoms with Crippen LogP contribution in [-0.2, 0) is 6.54 Å². The van der Waals surface area contributed by atoms with Gasteiger partial charge in [0.05, 0.1) is 6.20 Å². The lowest BCUT2D eigenvalue weighted by Gasteiger charge is -2.06. The van der Waals surface area contributed by atoms with Crippen LogP contribution in [0, 0.1) is 6.92 Å². The van der Waals surface area contributed by atoms with E-state index in [0.29, 0.717) is 0 Å². The first-order valence-electron chi connectivity index (χ1n) is 6.93. The highest BCUT2D eigenvalue weighted by Crippen LogP contribution is 2.18. The van der Waals surface area contributed by atoms with Crippen LogP contribution < -0.4 is 9.30 Å². The number of hydrogen-bond donors (Lipinski definition) is 0. The van der Waals surface area contributed by atoms with Crippen molar-refractivity contribution < 1.29 is 9.30 Å². The predicted molar refractivity (Wildman–Crippen MR) is 81.2 cm³/mol. The van der Waals surface area contributed by atoms with Crippen LogP contribution in [0.2, 0.25) is 0 Å². The molecule has 3 nitrogen and oxygen atoms in total. The minimum Gasteiger partial charge on any atom is -0.404 e. The Hall–Kier alpha value is -2.68. The first-order chi connectivity index (χ1) is 10.3. The molecule has 0 unspecified atom stereocenters. The van der Waals surface area contributed by atoms with Crippen molar-refractivity contribution in [3.05, 3.63) is 84.3 Å². The second-order valence-electron chi connectivity index (χ2n) is 4.95. The molecule has 2 aromatic carbocycles. The second-order valence-corrected chi connectivity index (χ2v) is 4.95. The molecule has 0 aliphatic carbocycles. The predicted octanol–water partition coefficient (Wildman–Crippen LogP) is 3.52. The van der Waals surface area contributed by atoms with Crippen molar-refractivity contribution >= 4 is 0 Å². The van der Waals surface area contributed by atoms with Crippen LogP contribution in [0.3, 0.4) is 0 Å². The molecule has 0 amide bonds. The molecule has 0 aliphatic rings. The van der Waals surface area contributed by atoms with E-state index in [0.717, 1.165) is 18.2 Å². The summed E-state index contributed by atoms with van der Waals surface area (Å²) in [4.78, 5) is 4.16. The number of hydrogen-bond acceptors (Lipinski definition) is 2. The molecule has 3 rings (SSSR count). The fraction of sp³-hybridized carbons (Fsp3) is 0.111. The number of ether oxygens (including phenoxy) is 1. The van der Waals surface area contributed by atoms with Crippen LogP contribution in [0.5, 0.6) is 11.6 Å². The molecule has 0 spiro atoms. The van der Waals surface area contributed by atoms with Gasteiger partial charge in [0.25, 0.3) is 0 Å². The molecular formula is C18H17N2O+. The highest BCUT2D eigenvalue weighted by molar-refractivity contribution is 5.29. The van der Waals surface area contributed by atoms with Crippen LogP contribution in [0.15, 0.2) is 73.2 Å². The van der Waals surface area contributed by atoms with Gasteiger partial charge in [-0.25, -0.2) is 4.98 Å². The maximum Gasteiger partial charge on any atom is 0.392 e. The van der Waals surface area contributed by atoms with Gasteiger partial charge in [0.2, 0.25) is 0 Å². The Balaban J connectivity index is 1.86. The summed E-state index contributed by atoms with van der Waals surface area (Å²) < 4.78 is 8.01. The van der Waals surface area contributed by atoms with Crippen LogP contribution in [0.25, 0.3) is 0 Å². The summed E-state index contributed by atoms with van der Waals surface area (Å²) in [5, 5.41) is 0. The standard InChI is InChI=1S/C18H17N2O/c1-15-6-5-9-17(12-15)21-18-13-19-10-11-20(18)14-16-7-3-2-4-8-16/h2-13H,14H2,1H3/q+1. The minimum absolute atomic E-state index is 0.729. The maximum atomic E-state index is 5.96. The molecule has 0 saturated heterocycles. The first-order valence-corrected chi connectivity index (χ1v) is 6.93. The molecule has 3 heteroatoms. The lowest BCUT2D eigenvalue weighted by Crippen LogP contribution is -2.35. The molecule has 1 heterocycles. The van der Waals surface area contributed by atoms with E-state index in [-0.39, 0.29) is 0 Å². The molecule has 0 fully saturated rings. The van der Waals surface area contributed by atoms with Gasteiger partial charge in [0, 0.05) is 5.56 Å². The van der Waals surface area contributed by atoms with E-state index in [2.05, 4.69) is 17.1 Å². The maximum absolute atomic E-state index is 5.96. The van der Waals surface area contributed by atoms with Gasteiger partial charge in [-0.15, -0.1) is 0 Å². The van der Waals surface area contributed by atoms with Gasteiger partial charge in [0.1, 0.15) is 11.9 Å². The molecule has 3 aromatic rings. The number of rotatable bonds is 4. The summed E-state index contributed by atoms with van der Waals surface area (Å²) in [5.41, 5.74) is 2.40. The Bertz CT molecular complexity index is 726. The van der Waals surface area contributed by atoms with E-state index < -0.39 is 0 Å². The Labute approximate surface area is 124 Å². The highest BCUT2D eigenvalue weighted by Gasteiger charge is 2.13. The van der Waals surface area contributed by atoms with E-state index >= 15 is 0 Å². The number of aryl methyl sites for hydroxylation is 1. The van der Waals surface area contributed by atoms with Gasteiger partial charge in [-0.1, -0.05) is 42.5 Å². The fourth-order valence-corrected chi connectivity index (χ4v) is 2.17. The summed E-state index contributed by atoms with van der Waals surface area (Å²) in [6.45, 7) is 2.80. The third-order valence-corrected chi connectivity index (χ3v) is 3.21. The van der Waals surface area contributed by atoms with E-state index in [4.69, 9.17) is 4.74 Å². The zero-order valence-corrected chi connectivity index (χ0v) is 11.9. The van der Waals surface area contributed by atoms with Crippen molar-refractivity contribution in [3.63, 3.8) is 0 Å². The van der Waals surface area contributed by atoms with Crippen molar-refractivity contribution in [1.29, 1.82) is 0 Å². The van der Waals surface area contributed by atoms with E-state index in [1.807, 2.05) is 60.2 Å². The Morgan fingerprint density at radius 3 is 2.71 bits per heavy atom. The van der Waals surface area contributed by atoms with Gasteiger partial charge in [-0.05, 0) is 24.6 Å². The van der Waals surface area contributed by atoms with Crippen molar-refractivity contribution in [2.24, 2.45) is 0 Å². The van der Waals surface area contributed by atoms with Crippen LogP contribution in [0.4, 0.5) is 0 Å². The molecule has 0 N–H and O–H groups in total. The van der Waals surface area contributed by atoms with Gasteiger partial charge in [-0.2, -0.15) is 4.57 Å². The largest absolute Gasteiger partial charge is 0.404 e. The molecule has 0 atom stereocenters. The second kappa shape index (κ2) is 6.18. The topological polar surface area (TPSA) is 26.0 Å². The molecule has 104 valence electrons. The molecule has 0 saturated carbocycles. The minimum atomic E-state index is 0.729. The summed E-state index contributed by atoms with van der Waals surface area (Å²) >= 11 is 0. The van der Waals surface area contributed by atoms with Crippen molar-refractivity contribution in [3.8, 4) is 11.6 Å². The Kier molecular flexibility index (Phi) is 3.92. The van der Waals surface area contributed by atoms with Gasteiger partial charge >= 0.3 is 5.88 Å². The van der Waals surface area contributed by atoms with Gasteiger partial charge in [0.15, 0.2) is 12.7 Å². The van der Waals surface area contributed by atoms with E-state index in [9.17, 15) is 0 Å². The smallest absolute Gasteiger partial charge is 0.392 e. The Morgan fingerprint density at radius 1 is 1.05 bits per heavy atom. The average Bonchev–Trinajstić information content (AvgIpc) is 2.50. The number of benzene rings is 2. The van der Waals surface area contributed by atoms with Crippen LogP contribution >= 0.6 is 0 Å². The van der Waals surface area contributed by atoms with Gasteiger partial charge in [-0.3, -0.25) is 0 Å². The molecule has 0 aliphatic heterocycles. The fourth-order valence-electron chi connectivity index (χ4n) is 2.17. The lowest BCUT2D eigenvalue weighted by atomic mass is 10.2. The SMILES string of the molecule is Cc1cccc(Oc2cncc[n+]2Cc2ccccc2)c1.